The first-order chi connectivity index (χ1) is 12.1. The van der Waals surface area contributed by atoms with Gasteiger partial charge < -0.3 is 15.2 Å². The molecule has 0 aliphatic heterocycles. The molecule has 0 saturated heterocycles. The first kappa shape index (κ1) is 17.8. The van der Waals surface area contributed by atoms with Crippen LogP contribution < -0.4 is 10.1 Å². The second kappa shape index (κ2) is 8.89. The van der Waals surface area contributed by atoms with Crippen LogP contribution in [0.1, 0.15) is 11.1 Å². The molecule has 0 bridgehead atoms. The van der Waals surface area contributed by atoms with Gasteiger partial charge in [-0.3, -0.25) is 4.79 Å². The highest BCUT2D eigenvalue weighted by Gasteiger charge is 2.09. The highest BCUT2D eigenvalue weighted by atomic mass is 16.5. The number of amides is 1. The summed E-state index contributed by atoms with van der Waals surface area (Å²) in [4.78, 5) is 22.6. The van der Waals surface area contributed by atoms with E-state index in [1.165, 1.54) is 6.08 Å². The summed E-state index contributed by atoms with van der Waals surface area (Å²) in [6.07, 6.45) is 1.46. The van der Waals surface area contributed by atoms with Crippen LogP contribution in [0.3, 0.4) is 0 Å². The number of hydrogen-bond acceptors (Lipinski definition) is 4. The van der Waals surface area contributed by atoms with Crippen molar-refractivity contribution >= 4 is 18.0 Å². The molecule has 0 aromatic heterocycles. The summed E-state index contributed by atoms with van der Waals surface area (Å²) in [5, 5.41) is 20.4. The lowest BCUT2D eigenvalue weighted by Gasteiger charge is -2.05. The van der Waals surface area contributed by atoms with E-state index in [1.807, 2.05) is 36.4 Å². The molecule has 0 unspecified atom stereocenters. The zero-order chi connectivity index (χ0) is 18.1. The molecule has 126 valence electrons. The fraction of sp³-hybridized carbons (Fsp3) is 0.105. The first-order valence-corrected chi connectivity index (χ1v) is 7.47. The third-order valence-electron chi connectivity index (χ3n) is 3.21. The van der Waals surface area contributed by atoms with Crippen molar-refractivity contribution in [2.24, 2.45) is 0 Å². The average molecular weight is 336 g/mol. The number of carboxylic acid groups (broad SMARTS) is 1. The van der Waals surface area contributed by atoms with E-state index in [1.54, 1.807) is 24.3 Å². The van der Waals surface area contributed by atoms with Crippen LogP contribution >= 0.6 is 0 Å². The van der Waals surface area contributed by atoms with Crippen molar-refractivity contribution in [3.8, 4) is 11.8 Å². The molecule has 0 radical (unpaired) electrons. The Morgan fingerprint density at radius 2 is 1.80 bits per heavy atom. The molecule has 0 fully saturated rings. The summed E-state index contributed by atoms with van der Waals surface area (Å²) in [7, 11) is 0. The molecule has 2 N–H and O–H groups in total. The van der Waals surface area contributed by atoms with Gasteiger partial charge >= 0.3 is 5.97 Å². The number of rotatable bonds is 7. The second-order valence-corrected chi connectivity index (χ2v) is 5.09. The summed E-state index contributed by atoms with van der Waals surface area (Å²) in [6, 6.07) is 17.7. The van der Waals surface area contributed by atoms with E-state index >= 15 is 0 Å². The van der Waals surface area contributed by atoms with E-state index in [2.05, 4.69) is 5.32 Å². The van der Waals surface area contributed by atoms with Gasteiger partial charge in [-0.05, 0) is 29.3 Å². The van der Waals surface area contributed by atoms with Crippen molar-refractivity contribution in [3.63, 3.8) is 0 Å². The third kappa shape index (κ3) is 5.84. The normalized spacial score (nSPS) is 10.6. The minimum absolute atomic E-state index is 0.0184. The van der Waals surface area contributed by atoms with Crippen LogP contribution in [-0.2, 0) is 16.1 Å². The van der Waals surface area contributed by atoms with Crippen LogP contribution in [0.2, 0.25) is 0 Å². The topological polar surface area (TPSA) is 99.4 Å². The van der Waals surface area contributed by atoms with Gasteiger partial charge in [0.1, 0.15) is 17.4 Å². The monoisotopic (exact) mass is 336 g/mol. The zero-order valence-corrected chi connectivity index (χ0v) is 13.3. The Kier molecular flexibility index (Phi) is 6.32. The van der Waals surface area contributed by atoms with Gasteiger partial charge in [-0.1, -0.05) is 42.5 Å². The van der Waals surface area contributed by atoms with Crippen molar-refractivity contribution in [2.45, 2.75) is 6.54 Å². The predicted molar refractivity (Wildman–Crippen MR) is 91.5 cm³/mol. The van der Waals surface area contributed by atoms with E-state index in [0.29, 0.717) is 17.9 Å². The molecule has 25 heavy (non-hydrogen) atoms. The Morgan fingerprint density at radius 3 is 2.40 bits per heavy atom. The standard InChI is InChI=1S/C19H16N2O4/c20-11-16(19(24)21-12-15-4-2-1-3-5-15)10-14-6-8-17(9-7-14)25-13-18(22)23/h1-10H,12-13H2,(H,21,24)(H,22,23)/b16-10-. The Morgan fingerprint density at radius 1 is 1.12 bits per heavy atom. The van der Waals surface area contributed by atoms with Gasteiger partial charge in [0, 0.05) is 6.54 Å². The van der Waals surface area contributed by atoms with Gasteiger partial charge in [-0.15, -0.1) is 0 Å². The third-order valence-corrected chi connectivity index (χ3v) is 3.21. The highest BCUT2D eigenvalue weighted by molar-refractivity contribution is 6.01. The number of benzene rings is 2. The maximum Gasteiger partial charge on any atom is 0.341 e. The minimum Gasteiger partial charge on any atom is -0.482 e. The molecule has 0 atom stereocenters. The number of nitrogens with one attached hydrogen (secondary N) is 1. The van der Waals surface area contributed by atoms with Crippen LogP contribution in [0.25, 0.3) is 6.08 Å². The minimum atomic E-state index is -1.06. The van der Waals surface area contributed by atoms with Crippen molar-refractivity contribution in [2.75, 3.05) is 6.61 Å². The van der Waals surface area contributed by atoms with E-state index in [4.69, 9.17) is 9.84 Å². The Balaban J connectivity index is 2.00. The number of nitrogens with zero attached hydrogens (tertiary/aromatic N) is 1. The van der Waals surface area contributed by atoms with E-state index in [-0.39, 0.29) is 5.57 Å². The molecule has 1 amide bonds. The second-order valence-electron chi connectivity index (χ2n) is 5.09. The number of ether oxygens (including phenoxy) is 1. The Bertz CT molecular complexity index is 806. The number of carbonyl (C=O) groups is 2. The number of hydrogen-bond donors (Lipinski definition) is 2. The molecule has 2 aromatic carbocycles. The summed E-state index contributed by atoms with van der Waals surface area (Å²) in [5.41, 5.74) is 1.55. The number of aliphatic carboxylic acids is 1. The Hall–Kier alpha value is -3.59. The molecule has 2 rings (SSSR count). The molecule has 0 spiro atoms. The van der Waals surface area contributed by atoms with Gasteiger partial charge in [-0.25, -0.2) is 4.79 Å². The van der Waals surface area contributed by atoms with Gasteiger partial charge in [-0.2, -0.15) is 5.26 Å². The Labute approximate surface area is 145 Å². The predicted octanol–water partition coefficient (Wildman–Crippen LogP) is 2.37. The smallest absolute Gasteiger partial charge is 0.341 e. The molecule has 0 saturated carbocycles. The van der Waals surface area contributed by atoms with Gasteiger partial charge in [0.05, 0.1) is 0 Å². The lowest BCUT2D eigenvalue weighted by atomic mass is 10.1. The molecule has 6 nitrogen and oxygen atoms in total. The number of carboxylic acids is 1. The van der Waals surface area contributed by atoms with Crippen LogP contribution in [0.15, 0.2) is 60.2 Å². The van der Waals surface area contributed by atoms with E-state index < -0.39 is 18.5 Å². The van der Waals surface area contributed by atoms with Crippen molar-refractivity contribution in [1.82, 2.24) is 5.32 Å². The molecule has 6 heteroatoms. The maximum absolute atomic E-state index is 12.1. The van der Waals surface area contributed by atoms with Gasteiger partial charge in [0.15, 0.2) is 6.61 Å². The van der Waals surface area contributed by atoms with Crippen LogP contribution in [0, 0.1) is 11.3 Å². The number of carbonyl (C=O) groups excluding carboxylic acids is 1. The highest BCUT2D eigenvalue weighted by Crippen LogP contribution is 2.14. The average Bonchev–Trinajstić information content (AvgIpc) is 2.64. The molecular weight excluding hydrogens is 320 g/mol. The largest absolute Gasteiger partial charge is 0.482 e. The van der Waals surface area contributed by atoms with Crippen LogP contribution in [0.5, 0.6) is 5.75 Å². The molecule has 0 aliphatic carbocycles. The summed E-state index contributed by atoms with van der Waals surface area (Å²) in [6.45, 7) is -0.0960. The SMILES string of the molecule is N#C/C(=C/c1ccc(OCC(=O)O)cc1)C(=O)NCc1ccccc1. The van der Waals surface area contributed by atoms with E-state index in [0.717, 1.165) is 5.56 Å². The van der Waals surface area contributed by atoms with Crippen molar-refractivity contribution in [1.29, 1.82) is 5.26 Å². The van der Waals surface area contributed by atoms with Crippen LogP contribution in [0.4, 0.5) is 0 Å². The molecular formula is C19H16N2O4. The van der Waals surface area contributed by atoms with Gasteiger partial charge in [0.2, 0.25) is 0 Å². The lowest BCUT2D eigenvalue weighted by Crippen LogP contribution is -2.23. The summed E-state index contributed by atoms with van der Waals surface area (Å²) >= 11 is 0. The van der Waals surface area contributed by atoms with Gasteiger partial charge in [0.25, 0.3) is 5.91 Å². The number of nitriles is 1. The maximum atomic E-state index is 12.1. The molecule has 0 aliphatic rings. The quantitative estimate of drug-likeness (QED) is 0.597. The molecule has 2 aromatic rings. The fourth-order valence-corrected chi connectivity index (χ4v) is 1.99. The van der Waals surface area contributed by atoms with Crippen molar-refractivity contribution < 1.29 is 19.4 Å². The van der Waals surface area contributed by atoms with E-state index in [9.17, 15) is 14.9 Å². The fourth-order valence-electron chi connectivity index (χ4n) is 1.99. The first-order valence-electron chi connectivity index (χ1n) is 7.47. The summed E-state index contributed by atoms with van der Waals surface area (Å²) in [5.74, 6) is -1.13. The van der Waals surface area contributed by atoms with Crippen molar-refractivity contribution in [3.05, 3.63) is 71.3 Å². The molecule has 0 heterocycles. The summed E-state index contributed by atoms with van der Waals surface area (Å²) < 4.78 is 5.02. The zero-order valence-electron chi connectivity index (χ0n) is 13.3. The lowest BCUT2D eigenvalue weighted by molar-refractivity contribution is -0.139. The van der Waals surface area contributed by atoms with Crippen LogP contribution in [-0.4, -0.2) is 23.6 Å².